The number of nitrogens with zero attached hydrogens (tertiary/aromatic N) is 2. The first-order chi connectivity index (χ1) is 9.19. The van der Waals surface area contributed by atoms with Gasteiger partial charge in [-0.25, -0.2) is 4.98 Å². The SMILES string of the molecule is CCCN(CC(C)(C)CN)c1cc(C(F)(F)F)ccn1. The molecule has 0 saturated carbocycles. The number of hydrogen-bond acceptors (Lipinski definition) is 3. The zero-order valence-corrected chi connectivity index (χ0v) is 12.2. The number of alkyl halides is 3. The van der Waals surface area contributed by atoms with Crippen LogP contribution in [0.3, 0.4) is 0 Å². The summed E-state index contributed by atoms with van der Waals surface area (Å²) in [6, 6.07) is 2.09. The zero-order valence-electron chi connectivity index (χ0n) is 12.2. The van der Waals surface area contributed by atoms with Gasteiger partial charge in [0.25, 0.3) is 0 Å². The Morgan fingerprint density at radius 3 is 2.45 bits per heavy atom. The Kier molecular flexibility index (Phi) is 5.39. The van der Waals surface area contributed by atoms with E-state index >= 15 is 0 Å². The van der Waals surface area contributed by atoms with Crippen molar-refractivity contribution in [2.45, 2.75) is 33.4 Å². The Balaban J connectivity index is 3.03. The van der Waals surface area contributed by atoms with E-state index in [9.17, 15) is 13.2 Å². The molecule has 20 heavy (non-hydrogen) atoms. The van der Waals surface area contributed by atoms with Gasteiger partial charge >= 0.3 is 6.18 Å². The Morgan fingerprint density at radius 2 is 1.95 bits per heavy atom. The van der Waals surface area contributed by atoms with Crippen LogP contribution in [0.2, 0.25) is 0 Å². The predicted molar refractivity (Wildman–Crippen MR) is 74.6 cm³/mol. The van der Waals surface area contributed by atoms with Gasteiger partial charge in [-0.05, 0) is 30.5 Å². The second-order valence-electron chi connectivity index (χ2n) is 5.69. The Hall–Kier alpha value is -1.30. The molecule has 0 aliphatic rings. The van der Waals surface area contributed by atoms with Crippen molar-refractivity contribution < 1.29 is 13.2 Å². The molecule has 1 rings (SSSR count). The second kappa shape index (κ2) is 6.43. The highest BCUT2D eigenvalue weighted by Crippen LogP contribution is 2.31. The van der Waals surface area contributed by atoms with Crippen molar-refractivity contribution in [3.05, 3.63) is 23.9 Å². The Morgan fingerprint density at radius 1 is 1.30 bits per heavy atom. The first-order valence-electron chi connectivity index (χ1n) is 6.68. The zero-order chi connectivity index (χ0) is 15.4. The number of pyridine rings is 1. The largest absolute Gasteiger partial charge is 0.416 e. The standard InChI is InChI=1S/C14H22F3N3/c1-4-7-20(10-13(2,3)9-18)12-8-11(5-6-19-12)14(15,16)17/h5-6,8H,4,7,9-10,18H2,1-3H3. The molecule has 1 aromatic rings. The van der Waals surface area contributed by atoms with E-state index in [2.05, 4.69) is 4.98 Å². The number of anilines is 1. The third kappa shape index (κ3) is 4.67. The van der Waals surface area contributed by atoms with Crippen LogP contribution in [0.4, 0.5) is 19.0 Å². The Bertz CT molecular complexity index is 430. The molecule has 6 heteroatoms. The molecule has 0 amide bonds. The molecule has 0 aromatic carbocycles. The molecule has 0 atom stereocenters. The maximum Gasteiger partial charge on any atom is 0.416 e. The van der Waals surface area contributed by atoms with Crippen molar-refractivity contribution >= 4 is 5.82 Å². The van der Waals surface area contributed by atoms with E-state index in [1.165, 1.54) is 6.20 Å². The van der Waals surface area contributed by atoms with Gasteiger partial charge in [0.1, 0.15) is 5.82 Å². The summed E-state index contributed by atoms with van der Waals surface area (Å²) in [6.45, 7) is 7.65. The quantitative estimate of drug-likeness (QED) is 0.873. The number of nitrogens with two attached hydrogens (primary N) is 1. The number of aromatic nitrogens is 1. The lowest BCUT2D eigenvalue weighted by Crippen LogP contribution is -2.39. The summed E-state index contributed by atoms with van der Waals surface area (Å²) in [4.78, 5) is 5.94. The van der Waals surface area contributed by atoms with Crippen LogP contribution in [-0.2, 0) is 6.18 Å². The van der Waals surface area contributed by atoms with E-state index in [-0.39, 0.29) is 5.41 Å². The van der Waals surface area contributed by atoms with Gasteiger partial charge in [-0.2, -0.15) is 13.2 Å². The highest BCUT2D eigenvalue weighted by molar-refractivity contribution is 5.42. The summed E-state index contributed by atoms with van der Waals surface area (Å²) in [5.41, 5.74) is 4.85. The highest BCUT2D eigenvalue weighted by atomic mass is 19.4. The third-order valence-corrected chi connectivity index (χ3v) is 3.06. The molecule has 0 unspecified atom stereocenters. The molecule has 0 aliphatic heterocycles. The van der Waals surface area contributed by atoms with Crippen LogP contribution in [0, 0.1) is 5.41 Å². The van der Waals surface area contributed by atoms with Gasteiger partial charge in [-0.1, -0.05) is 20.8 Å². The molecule has 1 aromatic heterocycles. The fraction of sp³-hybridized carbons (Fsp3) is 0.643. The average molecular weight is 289 g/mol. The van der Waals surface area contributed by atoms with Crippen molar-refractivity contribution in [2.75, 3.05) is 24.5 Å². The summed E-state index contributed by atoms with van der Waals surface area (Å²) < 4.78 is 38.3. The highest BCUT2D eigenvalue weighted by Gasteiger charge is 2.31. The molecule has 0 bridgehead atoms. The minimum atomic E-state index is -4.35. The van der Waals surface area contributed by atoms with Crippen molar-refractivity contribution in [2.24, 2.45) is 11.1 Å². The summed E-state index contributed by atoms with van der Waals surface area (Å²) in [5.74, 6) is 0.350. The lowest BCUT2D eigenvalue weighted by atomic mass is 9.93. The smallest absolute Gasteiger partial charge is 0.356 e. The van der Waals surface area contributed by atoms with Crippen molar-refractivity contribution in [3.63, 3.8) is 0 Å². The van der Waals surface area contributed by atoms with Crippen molar-refractivity contribution in [1.29, 1.82) is 0 Å². The van der Waals surface area contributed by atoms with Crippen LogP contribution >= 0.6 is 0 Å². The van der Waals surface area contributed by atoms with Crippen LogP contribution in [0.25, 0.3) is 0 Å². The van der Waals surface area contributed by atoms with Crippen LogP contribution in [0.1, 0.15) is 32.8 Å². The van der Waals surface area contributed by atoms with Gasteiger partial charge in [0.2, 0.25) is 0 Å². The summed E-state index contributed by atoms with van der Waals surface area (Å²) in [7, 11) is 0. The molecule has 0 fully saturated rings. The van der Waals surface area contributed by atoms with E-state index in [4.69, 9.17) is 5.73 Å². The summed E-state index contributed by atoms with van der Waals surface area (Å²) >= 11 is 0. The number of halogens is 3. The first-order valence-corrected chi connectivity index (χ1v) is 6.68. The Labute approximate surface area is 118 Å². The van der Waals surface area contributed by atoms with E-state index in [1.54, 1.807) is 0 Å². The summed E-state index contributed by atoms with van der Waals surface area (Å²) in [5, 5.41) is 0. The second-order valence-corrected chi connectivity index (χ2v) is 5.69. The topological polar surface area (TPSA) is 42.1 Å². The predicted octanol–water partition coefficient (Wildman–Crippen LogP) is 3.30. The minimum absolute atomic E-state index is 0.176. The minimum Gasteiger partial charge on any atom is -0.356 e. The van der Waals surface area contributed by atoms with Gasteiger partial charge < -0.3 is 10.6 Å². The van der Waals surface area contributed by atoms with Crippen LogP contribution < -0.4 is 10.6 Å². The molecule has 3 nitrogen and oxygen atoms in total. The lowest BCUT2D eigenvalue weighted by Gasteiger charge is -2.32. The number of rotatable bonds is 6. The maximum absolute atomic E-state index is 12.8. The molecule has 0 spiro atoms. The van der Waals surface area contributed by atoms with Gasteiger partial charge in [0, 0.05) is 19.3 Å². The molecule has 1 heterocycles. The van der Waals surface area contributed by atoms with Crippen molar-refractivity contribution in [3.8, 4) is 0 Å². The van der Waals surface area contributed by atoms with Crippen molar-refractivity contribution in [1.82, 2.24) is 4.98 Å². The lowest BCUT2D eigenvalue weighted by molar-refractivity contribution is -0.137. The maximum atomic E-state index is 12.8. The fourth-order valence-corrected chi connectivity index (χ4v) is 1.89. The van der Waals surface area contributed by atoms with E-state index in [0.717, 1.165) is 18.6 Å². The third-order valence-electron chi connectivity index (χ3n) is 3.06. The van der Waals surface area contributed by atoms with Gasteiger partial charge in [0.05, 0.1) is 5.56 Å². The molecule has 0 saturated heterocycles. The molecule has 0 radical (unpaired) electrons. The van der Waals surface area contributed by atoms with E-state index in [1.807, 2.05) is 25.7 Å². The monoisotopic (exact) mass is 289 g/mol. The van der Waals surface area contributed by atoms with Gasteiger partial charge in [-0.15, -0.1) is 0 Å². The van der Waals surface area contributed by atoms with E-state index < -0.39 is 11.7 Å². The molecule has 2 N–H and O–H groups in total. The summed E-state index contributed by atoms with van der Waals surface area (Å²) in [6.07, 6.45) is -2.31. The molecule has 114 valence electrons. The molecular weight excluding hydrogens is 267 g/mol. The van der Waals surface area contributed by atoms with Crippen LogP contribution in [0.5, 0.6) is 0 Å². The van der Waals surface area contributed by atoms with E-state index in [0.29, 0.717) is 25.5 Å². The first kappa shape index (κ1) is 16.8. The fourth-order valence-electron chi connectivity index (χ4n) is 1.89. The van der Waals surface area contributed by atoms with Crippen LogP contribution in [-0.4, -0.2) is 24.6 Å². The normalized spacial score (nSPS) is 12.6. The number of hydrogen-bond donors (Lipinski definition) is 1. The molecule has 0 aliphatic carbocycles. The average Bonchev–Trinajstić information content (AvgIpc) is 2.37. The molecular formula is C14H22F3N3. The van der Waals surface area contributed by atoms with Crippen LogP contribution in [0.15, 0.2) is 18.3 Å². The van der Waals surface area contributed by atoms with Gasteiger partial charge in [0.15, 0.2) is 0 Å². The van der Waals surface area contributed by atoms with Gasteiger partial charge in [-0.3, -0.25) is 0 Å².